The molecule has 24 heavy (non-hydrogen) atoms. The number of hydrogen-bond acceptors (Lipinski definition) is 2. The van der Waals surface area contributed by atoms with E-state index in [1.807, 2.05) is 39.0 Å². The van der Waals surface area contributed by atoms with Crippen molar-refractivity contribution in [2.24, 2.45) is 0 Å². The lowest BCUT2D eigenvalue weighted by atomic mass is 10.0. The van der Waals surface area contributed by atoms with Crippen molar-refractivity contribution in [3.8, 4) is 5.75 Å². The molecular formula is C19H23FN2O2. The first kappa shape index (κ1) is 17.8. The Morgan fingerprint density at radius 2 is 2.00 bits per heavy atom. The van der Waals surface area contributed by atoms with Gasteiger partial charge in [0.1, 0.15) is 11.6 Å². The molecule has 0 fully saturated rings. The molecule has 1 atom stereocenters. The maximum Gasteiger partial charge on any atom is 0.315 e. The van der Waals surface area contributed by atoms with Crippen LogP contribution in [0.4, 0.5) is 9.18 Å². The molecule has 2 aromatic carbocycles. The number of halogens is 1. The lowest BCUT2D eigenvalue weighted by Gasteiger charge is -2.19. The van der Waals surface area contributed by atoms with Gasteiger partial charge >= 0.3 is 6.03 Å². The van der Waals surface area contributed by atoms with E-state index in [1.165, 1.54) is 6.07 Å². The molecule has 4 nitrogen and oxygen atoms in total. The fourth-order valence-corrected chi connectivity index (χ4v) is 2.44. The summed E-state index contributed by atoms with van der Waals surface area (Å²) in [5.74, 6) is 0.424. The minimum Gasteiger partial charge on any atom is -0.494 e. The van der Waals surface area contributed by atoms with Gasteiger partial charge in [-0.1, -0.05) is 35.9 Å². The van der Waals surface area contributed by atoms with Crippen LogP contribution in [-0.4, -0.2) is 12.6 Å². The van der Waals surface area contributed by atoms with Crippen molar-refractivity contribution in [1.29, 1.82) is 0 Å². The Balaban J connectivity index is 1.99. The van der Waals surface area contributed by atoms with Crippen LogP contribution in [0.15, 0.2) is 42.5 Å². The molecule has 128 valence electrons. The van der Waals surface area contributed by atoms with Gasteiger partial charge in [0.05, 0.1) is 12.6 Å². The second kappa shape index (κ2) is 8.34. The summed E-state index contributed by atoms with van der Waals surface area (Å²) in [6, 6.07) is 11.7. The average Bonchev–Trinajstić information content (AvgIpc) is 2.56. The summed E-state index contributed by atoms with van der Waals surface area (Å²) in [5, 5.41) is 5.54. The van der Waals surface area contributed by atoms with E-state index in [0.717, 1.165) is 16.9 Å². The van der Waals surface area contributed by atoms with Gasteiger partial charge in [-0.2, -0.15) is 0 Å². The van der Waals surface area contributed by atoms with Crippen molar-refractivity contribution in [2.75, 3.05) is 6.61 Å². The molecule has 0 aliphatic carbocycles. The molecule has 1 unspecified atom stereocenters. The summed E-state index contributed by atoms with van der Waals surface area (Å²) in [6.45, 7) is 6.49. The van der Waals surface area contributed by atoms with Gasteiger partial charge in [-0.15, -0.1) is 0 Å². The zero-order valence-electron chi connectivity index (χ0n) is 14.2. The third kappa shape index (κ3) is 4.72. The van der Waals surface area contributed by atoms with Crippen LogP contribution in [-0.2, 0) is 6.54 Å². The molecule has 2 amide bonds. The van der Waals surface area contributed by atoms with Crippen molar-refractivity contribution in [1.82, 2.24) is 10.6 Å². The van der Waals surface area contributed by atoms with E-state index in [0.29, 0.717) is 12.2 Å². The topological polar surface area (TPSA) is 50.4 Å². The molecule has 2 N–H and O–H groups in total. The summed E-state index contributed by atoms with van der Waals surface area (Å²) >= 11 is 0. The first-order valence-electron chi connectivity index (χ1n) is 8.02. The molecule has 0 aliphatic heterocycles. The summed E-state index contributed by atoms with van der Waals surface area (Å²) < 4.78 is 19.2. The second-order valence-corrected chi connectivity index (χ2v) is 5.61. The third-order valence-corrected chi connectivity index (χ3v) is 3.68. The van der Waals surface area contributed by atoms with E-state index in [9.17, 15) is 9.18 Å². The zero-order valence-corrected chi connectivity index (χ0v) is 14.2. The van der Waals surface area contributed by atoms with Gasteiger partial charge in [-0.05, 0) is 32.9 Å². The van der Waals surface area contributed by atoms with Gasteiger partial charge in [-0.25, -0.2) is 9.18 Å². The first-order chi connectivity index (χ1) is 11.5. The largest absolute Gasteiger partial charge is 0.494 e. The van der Waals surface area contributed by atoms with Crippen molar-refractivity contribution in [3.63, 3.8) is 0 Å². The third-order valence-electron chi connectivity index (χ3n) is 3.68. The van der Waals surface area contributed by atoms with E-state index in [1.54, 1.807) is 18.2 Å². The number of hydrogen-bond donors (Lipinski definition) is 2. The number of aryl methyl sites for hydroxylation is 1. The number of carbonyl (C=O) groups is 1. The Morgan fingerprint density at radius 3 is 2.71 bits per heavy atom. The van der Waals surface area contributed by atoms with Crippen LogP contribution >= 0.6 is 0 Å². The minimum absolute atomic E-state index is 0.136. The van der Waals surface area contributed by atoms with Crippen LogP contribution in [0.3, 0.4) is 0 Å². The molecule has 2 rings (SSSR count). The van der Waals surface area contributed by atoms with Gasteiger partial charge in [0.2, 0.25) is 0 Å². The highest BCUT2D eigenvalue weighted by atomic mass is 19.1. The summed E-state index contributed by atoms with van der Waals surface area (Å²) in [5.41, 5.74) is 2.46. The Morgan fingerprint density at radius 1 is 1.25 bits per heavy atom. The normalized spacial score (nSPS) is 11.7. The first-order valence-corrected chi connectivity index (χ1v) is 8.02. The monoisotopic (exact) mass is 330 g/mol. The summed E-state index contributed by atoms with van der Waals surface area (Å²) in [6.07, 6.45) is 0. The molecule has 0 aliphatic rings. The Labute approximate surface area is 142 Å². The number of ether oxygens (including phenoxy) is 1. The standard InChI is InChI=1S/C19H23FN2O2/c1-4-24-18-10-9-13(2)11-16(18)14(3)22-19(23)21-12-15-7-5-6-8-17(15)20/h5-11,14H,4,12H2,1-3H3,(H2,21,22,23). The Hall–Kier alpha value is -2.56. The van der Waals surface area contributed by atoms with Gasteiger partial charge < -0.3 is 15.4 Å². The van der Waals surface area contributed by atoms with E-state index >= 15 is 0 Å². The van der Waals surface area contributed by atoms with Gasteiger partial charge in [0.25, 0.3) is 0 Å². The average molecular weight is 330 g/mol. The maximum atomic E-state index is 13.6. The number of benzene rings is 2. The lowest BCUT2D eigenvalue weighted by molar-refractivity contribution is 0.237. The van der Waals surface area contributed by atoms with Crippen molar-refractivity contribution >= 4 is 6.03 Å². The second-order valence-electron chi connectivity index (χ2n) is 5.61. The van der Waals surface area contributed by atoms with E-state index in [-0.39, 0.29) is 24.4 Å². The van der Waals surface area contributed by atoms with E-state index < -0.39 is 0 Å². The quantitative estimate of drug-likeness (QED) is 0.838. The van der Waals surface area contributed by atoms with E-state index in [4.69, 9.17) is 4.74 Å². The molecule has 0 aromatic heterocycles. The smallest absolute Gasteiger partial charge is 0.315 e. The van der Waals surface area contributed by atoms with Crippen LogP contribution in [0.25, 0.3) is 0 Å². The number of nitrogens with one attached hydrogen (secondary N) is 2. The minimum atomic E-state index is -0.352. The predicted molar refractivity (Wildman–Crippen MR) is 92.5 cm³/mol. The van der Waals surface area contributed by atoms with Crippen LogP contribution in [0.1, 0.15) is 36.6 Å². The molecule has 0 heterocycles. The lowest BCUT2D eigenvalue weighted by Crippen LogP contribution is -2.37. The predicted octanol–water partition coefficient (Wildman–Crippen LogP) is 4.09. The van der Waals surface area contributed by atoms with Gasteiger partial charge in [0, 0.05) is 17.7 Å². The van der Waals surface area contributed by atoms with Crippen molar-refractivity contribution in [3.05, 3.63) is 65.0 Å². The zero-order chi connectivity index (χ0) is 17.5. The Kier molecular flexibility index (Phi) is 6.18. The van der Waals surface area contributed by atoms with E-state index in [2.05, 4.69) is 10.6 Å². The molecule has 0 saturated heterocycles. The molecule has 0 radical (unpaired) electrons. The number of rotatable bonds is 6. The maximum absolute atomic E-state index is 13.6. The SMILES string of the molecule is CCOc1ccc(C)cc1C(C)NC(=O)NCc1ccccc1F. The molecule has 2 aromatic rings. The van der Waals surface area contributed by atoms with Crippen LogP contribution < -0.4 is 15.4 Å². The van der Waals surface area contributed by atoms with Crippen molar-refractivity contribution < 1.29 is 13.9 Å². The fraction of sp³-hybridized carbons (Fsp3) is 0.316. The Bertz CT molecular complexity index is 704. The van der Waals surface area contributed by atoms with Gasteiger partial charge in [-0.3, -0.25) is 0 Å². The summed E-state index contributed by atoms with van der Waals surface area (Å²) in [4.78, 5) is 12.1. The van der Waals surface area contributed by atoms with Crippen LogP contribution in [0.5, 0.6) is 5.75 Å². The number of carbonyl (C=O) groups excluding carboxylic acids is 1. The molecule has 5 heteroatoms. The van der Waals surface area contributed by atoms with Gasteiger partial charge in [0.15, 0.2) is 0 Å². The number of amides is 2. The summed E-state index contributed by atoms with van der Waals surface area (Å²) in [7, 11) is 0. The highest BCUT2D eigenvalue weighted by Crippen LogP contribution is 2.26. The van der Waals surface area contributed by atoms with Crippen LogP contribution in [0.2, 0.25) is 0 Å². The molecule has 0 bridgehead atoms. The molecular weight excluding hydrogens is 307 g/mol. The highest BCUT2D eigenvalue weighted by molar-refractivity contribution is 5.74. The van der Waals surface area contributed by atoms with Crippen LogP contribution in [0, 0.1) is 12.7 Å². The fourth-order valence-electron chi connectivity index (χ4n) is 2.44. The highest BCUT2D eigenvalue weighted by Gasteiger charge is 2.14. The number of urea groups is 1. The molecule has 0 saturated carbocycles. The van der Waals surface area contributed by atoms with Crippen molar-refractivity contribution in [2.45, 2.75) is 33.4 Å². The molecule has 0 spiro atoms.